The van der Waals surface area contributed by atoms with Crippen molar-refractivity contribution in [2.24, 2.45) is 0 Å². The van der Waals surface area contributed by atoms with E-state index in [2.05, 4.69) is 15.5 Å². The van der Waals surface area contributed by atoms with Gasteiger partial charge in [0.25, 0.3) is 5.91 Å². The standard InChI is InChI=1S/C16H12FN3O3/c17-12-8-4-5-9-13(12)22-10-14(21)18-16-20-19-15(23-16)11-6-2-1-3-7-11/h1-9H,10H2,(H,18,20,21). The van der Waals surface area contributed by atoms with E-state index in [0.717, 1.165) is 5.56 Å². The van der Waals surface area contributed by atoms with E-state index in [1.54, 1.807) is 18.2 Å². The molecule has 1 N–H and O–H groups in total. The Morgan fingerprint density at radius 2 is 1.83 bits per heavy atom. The molecule has 0 radical (unpaired) electrons. The van der Waals surface area contributed by atoms with Crippen LogP contribution in [0, 0.1) is 5.82 Å². The Morgan fingerprint density at radius 1 is 1.09 bits per heavy atom. The number of ether oxygens (including phenoxy) is 1. The van der Waals surface area contributed by atoms with Gasteiger partial charge in [0.2, 0.25) is 5.89 Å². The Bertz CT molecular complexity index is 805. The van der Waals surface area contributed by atoms with Crippen molar-refractivity contribution >= 4 is 11.9 Å². The summed E-state index contributed by atoms with van der Waals surface area (Å²) in [5, 5.41) is 9.96. The number of hydrogen-bond donors (Lipinski definition) is 1. The van der Waals surface area contributed by atoms with Gasteiger partial charge in [-0.3, -0.25) is 10.1 Å². The number of carbonyl (C=O) groups excluding carboxylic acids is 1. The molecule has 1 aromatic heterocycles. The van der Waals surface area contributed by atoms with Crippen LogP contribution in [0.5, 0.6) is 5.75 Å². The number of amides is 1. The molecule has 1 heterocycles. The molecule has 3 aromatic rings. The van der Waals surface area contributed by atoms with Crippen LogP contribution in [0.1, 0.15) is 0 Å². The second-order valence-electron chi connectivity index (χ2n) is 4.55. The third kappa shape index (κ3) is 3.70. The lowest BCUT2D eigenvalue weighted by Gasteiger charge is -2.05. The molecule has 23 heavy (non-hydrogen) atoms. The lowest BCUT2D eigenvalue weighted by Crippen LogP contribution is -2.20. The van der Waals surface area contributed by atoms with Crippen LogP contribution >= 0.6 is 0 Å². The minimum atomic E-state index is -0.538. The summed E-state index contributed by atoms with van der Waals surface area (Å²) in [5.74, 6) is -0.782. The quantitative estimate of drug-likeness (QED) is 0.783. The van der Waals surface area contributed by atoms with E-state index in [-0.39, 0.29) is 24.3 Å². The maximum absolute atomic E-state index is 13.4. The number of hydrogen-bond acceptors (Lipinski definition) is 5. The molecule has 6 nitrogen and oxygen atoms in total. The number of anilines is 1. The Kier molecular flexibility index (Phi) is 4.28. The monoisotopic (exact) mass is 313 g/mol. The highest BCUT2D eigenvalue weighted by Gasteiger charge is 2.12. The van der Waals surface area contributed by atoms with Crippen molar-refractivity contribution < 1.29 is 18.3 Å². The SMILES string of the molecule is O=C(COc1ccccc1F)Nc1nnc(-c2ccccc2)o1. The van der Waals surface area contributed by atoms with Crippen LogP contribution in [0.15, 0.2) is 59.0 Å². The summed E-state index contributed by atoms with van der Waals surface area (Å²) < 4.78 is 23.8. The van der Waals surface area contributed by atoms with Crippen LogP contribution in [0.25, 0.3) is 11.5 Å². The first-order chi connectivity index (χ1) is 11.2. The van der Waals surface area contributed by atoms with Gasteiger partial charge >= 0.3 is 6.01 Å². The van der Waals surface area contributed by atoms with Crippen molar-refractivity contribution in [2.45, 2.75) is 0 Å². The zero-order chi connectivity index (χ0) is 16.1. The molecule has 0 bridgehead atoms. The molecule has 1 amide bonds. The fourth-order valence-electron chi connectivity index (χ4n) is 1.83. The molecule has 0 saturated heterocycles. The Hall–Kier alpha value is -3.22. The van der Waals surface area contributed by atoms with Gasteiger partial charge in [-0.2, -0.15) is 0 Å². The average molecular weight is 313 g/mol. The van der Waals surface area contributed by atoms with E-state index in [4.69, 9.17) is 9.15 Å². The van der Waals surface area contributed by atoms with Gasteiger partial charge in [-0.15, -0.1) is 5.10 Å². The van der Waals surface area contributed by atoms with Crippen LogP contribution in [-0.2, 0) is 4.79 Å². The minimum absolute atomic E-state index is 0.00171. The van der Waals surface area contributed by atoms with E-state index < -0.39 is 11.7 Å². The highest BCUT2D eigenvalue weighted by Crippen LogP contribution is 2.19. The number of para-hydroxylation sites is 1. The predicted octanol–water partition coefficient (Wildman–Crippen LogP) is 2.89. The molecular weight excluding hydrogens is 301 g/mol. The van der Waals surface area contributed by atoms with E-state index in [9.17, 15) is 9.18 Å². The first-order valence-corrected chi connectivity index (χ1v) is 6.78. The van der Waals surface area contributed by atoms with Crippen LogP contribution in [0.4, 0.5) is 10.4 Å². The summed E-state index contributed by atoms with van der Waals surface area (Å²) in [6.07, 6.45) is 0. The first-order valence-electron chi connectivity index (χ1n) is 6.78. The lowest BCUT2D eigenvalue weighted by atomic mass is 10.2. The van der Waals surface area contributed by atoms with Crippen LogP contribution < -0.4 is 10.1 Å². The average Bonchev–Trinajstić information content (AvgIpc) is 3.03. The summed E-state index contributed by atoms with van der Waals surface area (Å²) in [7, 11) is 0. The van der Waals surface area contributed by atoms with E-state index in [1.165, 1.54) is 18.2 Å². The number of carbonyl (C=O) groups is 1. The molecule has 0 atom stereocenters. The molecule has 0 unspecified atom stereocenters. The molecule has 3 rings (SSSR count). The van der Waals surface area contributed by atoms with Gasteiger partial charge in [0.15, 0.2) is 18.2 Å². The third-order valence-corrected chi connectivity index (χ3v) is 2.89. The molecule has 7 heteroatoms. The summed E-state index contributed by atoms with van der Waals surface area (Å²) in [4.78, 5) is 11.8. The zero-order valence-electron chi connectivity index (χ0n) is 11.9. The molecule has 0 fully saturated rings. The summed E-state index contributed by atoms with van der Waals surface area (Å²) in [6, 6.07) is 14.9. The molecule has 0 aliphatic heterocycles. The van der Waals surface area contributed by atoms with Crippen molar-refractivity contribution in [1.29, 1.82) is 0 Å². The zero-order valence-corrected chi connectivity index (χ0v) is 11.9. The van der Waals surface area contributed by atoms with E-state index >= 15 is 0 Å². The van der Waals surface area contributed by atoms with Crippen molar-refractivity contribution in [1.82, 2.24) is 10.2 Å². The van der Waals surface area contributed by atoms with Crippen LogP contribution in [0.3, 0.4) is 0 Å². The molecule has 0 saturated carbocycles. The van der Waals surface area contributed by atoms with Crippen molar-refractivity contribution in [3.8, 4) is 17.2 Å². The van der Waals surface area contributed by atoms with Crippen molar-refractivity contribution in [3.63, 3.8) is 0 Å². The molecular formula is C16H12FN3O3. The first kappa shape index (κ1) is 14.7. The number of rotatable bonds is 5. The topological polar surface area (TPSA) is 77.2 Å². The second-order valence-corrected chi connectivity index (χ2v) is 4.55. The van der Waals surface area contributed by atoms with Gasteiger partial charge < -0.3 is 9.15 Å². The number of halogens is 1. The van der Waals surface area contributed by atoms with Crippen LogP contribution in [-0.4, -0.2) is 22.7 Å². The van der Waals surface area contributed by atoms with Crippen molar-refractivity contribution in [3.05, 3.63) is 60.4 Å². The van der Waals surface area contributed by atoms with Gasteiger partial charge in [-0.1, -0.05) is 35.4 Å². The Balaban J connectivity index is 1.58. The maximum atomic E-state index is 13.4. The Morgan fingerprint density at radius 3 is 2.61 bits per heavy atom. The van der Waals surface area contributed by atoms with Crippen molar-refractivity contribution in [2.75, 3.05) is 11.9 Å². The fraction of sp³-hybridized carbons (Fsp3) is 0.0625. The summed E-state index contributed by atoms with van der Waals surface area (Å²) in [5.41, 5.74) is 0.739. The normalized spacial score (nSPS) is 10.3. The Labute approximate surface area is 130 Å². The van der Waals surface area contributed by atoms with E-state index in [0.29, 0.717) is 0 Å². The molecule has 0 aliphatic carbocycles. The number of benzene rings is 2. The second kappa shape index (κ2) is 6.69. The predicted molar refractivity (Wildman–Crippen MR) is 80.3 cm³/mol. The largest absolute Gasteiger partial charge is 0.481 e. The third-order valence-electron chi connectivity index (χ3n) is 2.89. The molecule has 116 valence electrons. The van der Waals surface area contributed by atoms with Gasteiger partial charge in [0, 0.05) is 5.56 Å². The number of nitrogens with one attached hydrogen (secondary N) is 1. The highest BCUT2D eigenvalue weighted by atomic mass is 19.1. The van der Waals surface area contributed by atoms with Gasteiger partial charge in [0.05, 0.1) is 0 Å². The molecule has 0 spiro atoms. The van der Waals surface area contributed by atoms with E-state index in [1.807, 2.05) is 18.2 Å². The highest BCUT2D eigenvalue weighted by molar-refractivity contribution is 5.89. The number of aromatic nitrogens is 2. The molecule has 2 aromatic carbocycles. The molecule has 0 aliphatic rings. The lowest BCUT2D eigenvalue weighted by molar-refractivity contribution is -0.118. The van der Waals surface area contributed by atoms with Gasteiger partial charge in [-0.25, -0.2) is 4.39 Å². The summed E-state index contributed by atoms with van der Waals surface area (Å²) >= 11 is 0. The minimum Gasteiger partial charge on any atom is -0.481 e. The number of nitrogens with zero attached hydrogens (tertiary/aromatic N) is 2. The smallest absolute Gasteiger partial charge is 0.322 e. The van der Waals surface area contributed by atoms with Gasteiger partial charge in [0.1, 0.15) is 0 Å². The summed E-state index contributed by atoms with van der Waals surface area (Å²) in [6.45, 7) is -0.371. The maximum Gasteiger partial charge on any atom is 0.322 e. The van der Waals surface area contributed by atoms with Gasteiger partial charge in [-0.05, 0) is 24.3 Å². The fourth-order valence-corrected chi connectivity index (χ4v) is 1.83. The van der Waals surface area contributed by atoms with Crippen LogP contribution in [0.2, 0.25) is 0 Å².